The van der Waals surface area contributed by atoms with E-state index in [9.17, 15) is 0 Å². The van der Waals surface area contributed by atoms with Gasteiger partial charge in [-0.05, 0) is 47.3 Å². The highest BCUT2D eigenvalue weighted by atomic mass is 15.2. The van der Waals surface area contributed by atoms with Crippen molar-refractivity contribution in [1.29, 1.82) is 0 Å². The van der Waals surface area contributed by atoms with Crippen molar-refractivity contribution < 1.29 is 0 Å². The Bertz CT molecular complexity index is 134. The van der Waals surface area contributed by atoms with Gasteiger partial charge in [-0.3, -0.25) is 4.90 Å². The molecule has 72 valence electrons. The molecule has 0 amide bonds. The lowest BCUT2D eigenvalue weighted by atomic mass is 10.2. The minimum Gasteiger partial charge on any atom is -0.302 e. The molecule has 1 fully saturated rings. The van der Waals surface area contributed by atoms with E-state index >= 15 is 0 Å². The largest absolute Gasteiger partial charge is 0.302 e. The Morgan fingerprint density at radius 1 is 1.25 bits per heavy atom. The first-order chi connectivity index (χ1) is 5.61. The predicted octanol–water partition coefficient (Wildman–Crippen LogP) is 1.42. The summed E-state index contributed by atoms with van der Waals surface area (Å²) in [5.41, 5.74) is 0. The fourth-order valence-corrected chi connectivity index (χ4v) is 1.78. The van der Waals surface area contributed by atoms with E-state index < -0.39 is 0 Å². The van der Waals surface area contributed by atoms with Crippen LogP contribution in [-0.4, -0.2) is 48.6 Å². The van der Waals surface area contributed by atoms with Crippen LogP contribution in [0.1, 0.15) is 27.2 Å². The molecule has 1 aliphatic rings. The van der Waals surface area contributed by atoms with E-state index in [1.807, 2.05) is 0 Å². The minimum atomic E-state index is 0.707. The van der Waals surface area contributed by atoms with E-state index in [1.54, 1.807) is 0 Å². The fraction of sp³-hybridized carbons (Fsp3) is 1.00. The molecule has 0 spiro atoms. The van der Waals surface area contributed by atoms with Crippen molar-refractivity contribution in [3.05, 3.63) is 0 Å². The summed E-state index contributed by atoms with van der Waals surface area (Å²) in [6.07, 6.45) is 1.32. The zero-order valence-corrected chi connectivity index (χ0v) is 8.88. The molecule has 1 atom stereocenters. The van der Waals surface area contributed by atoms with Crippen LogP contribution in [0.5, 0.6) is 0 Å². The van der Waals surface area contributed by atoms with E-state index in [0.29, 0.717) is 6.04 Å². The molecule has 1 heterocycles. The van der Waals surface area contributed by atoms with Gasteiger partial charge in [-0.1, -0.05) is 0 Å². The van der Waals surface area contributed by atoms with Gasteiger partial charge in [0.05, 0.1) is 0 Å². The summed E-state index contributed by atoms with van der Waals surface area (Å²) in [5.74, 6) is 0. The number of likely N-dealkylation sites (N-methyl/N-ethyl adjacent to an activating group) is 1. The molecule has 0 aliphatic carbocycles. The van der Waals surface area contributed by atoms with Crippen molar-refractivity contribution >= 4 is 0 Å². The van der Waals surface area contributed by atoms with Gasteiger partial charge in [-0.2, -0.15) is 0 Å². The highest BCUT2D eigenvalue weighted by Gasteiger charge is 2.19. The van der Waals surface area contributed by atoms with Crippen LogP contribution < -0.4 is 0 Å². The summed E-state index contributed by atoms with van der Waals surface area (Å²) in [6, 6.07) is 1.42. The zero-order valence-electron chi connectivity index (χ0n) is 8.88. The van der Waals surface area contributed by atoms with Crippen molar-refractivity contribution in [3.63, 3.8) is 0 Å². The molecule has 0 saturated carbocycles. The second kappa shape index (κ2) is 4.24. The maximum atomic E-state index is 2.58. The normalized spacial score (nSPS) is 29.2. The van der Waals surface area contributed by atoms with Gasteiger partial charge in [0.25, 0.3) is 0 Å². The maximum Gasteiger partial charge on any atom is 0.0191 e. The average Bonchev–Trinajstić information content (AvgIpc) is 2.15. The van der Waals surface area contributed by atoms with Gasteiger partial charge in [0.1, 0.15) is 0 Å². The number of hydrogen-bond acceptors (Lipinski definition) is 2. The summed E-state index contributed by atoms with van der Waals surface area (Å²) in [7, 11) is 2.23. The summed E-state index contributed by atoms with van der Waals surface area (Å²) >= 11 is 0. The summed E-state index contributed by atoms with van der Waals surface area (Å²) in [4.78, 5) is 5.04. The first kappa shape index (κ1) is 10.0. The van der Waals surface area contributed by atoms with Crippen molar-refractivity contribution in [2.75, 3.05) is 26.7 Å². The van der Waals surface area contributed by atoms with Gasteiger partial charge in [0.15, 0.2) is 0 Å². The second-order valence-electron chi connectivity index (χ2n) is 4.27. The molecule has 0 bridgehead atoms. The molecule has 2 heteroatoms. The average molecular weight is 170 g/mol. The van der Waals surface area contributed by atoms with Gasteiger partial charge >= 0.3 is 0 Å². The maximum absolute atomic E-state index is 2.58. The third-order valence-corrected chi connectivity index (χ3v) is 2.94. The molecule has 1 aliphatic heterocycles. The van der Waals surface area contributed by atoms with E-state index in [1.165, 1.54) is 26.1 Å². The van der Waals surface area contributed by atoms with Crippen LogP contribution in [0.3, 0.4) is 0 Å². The topological polar surface area (TPSA) is 6.48 Å². The van der Waals surface area contributed by atoms with Crippen LogP contribution in [0.15, 0.2) is 0 Å². The molecule has 0 radical (unpaired) electrons. The molecule has 1 rings (SSSR count). The first-order valence-corrected chi connectivity index (χ1v) is 5.05. The lowest BCUT2D eigenvalue weighted by Gasteiger charge is -2.28. The Kier molecular flexibility index (Phi) is 3.53. The lowest BCUT2D eigenvalue weighted by molar-refractivity contribution is 0.190. The first-order valence-electron chi connectivity index (χ1n) is 5.05. The molecule has 0 unspecified atom stereocenters. The quantitative estimate of drug-likeness (QED) is 0.587. The molecule has 0 aromatic rings. The Balaban J connectivity index is 2.48. The van der Waals surface area contributed by atoms with Crippen molar-refractivity contribution in [3.8, 4) is 0 Å². The van der Waals surface area contributed by atoms with Crippen LogP contribution in [-0.2, 0) is 0 Å². The number of hydrogen-bond donors (Lipinski definition) is 0. The lowest BCUT2D eigenvalue weighted by Crippen LogP contribution is -2.39. The molecule has 0 N–H and O–H groups in total. The molecule has 12 heavy (non-hydrogen) atoms. The molecule has 0 aromatic heterocycles. The summed E-state index contributed by atoms with van der Waals surface area (Å²) < 4.78 is 0. The van der Waals surface area contributed by atoms with Crippen molar-refractivity contribution in [2.24, 2.45) is 0 Å². The van der Waals surface area contributed by atoms with Crippen LogP contribution in [0, 0.1) is 0 Å². The van der Waals surface area contributed by atoms with Crippen LogP contribution in [0.25, 0.3) is 0 Å². The van der Waals surface area contributed by atoms with Gasteiger partial charge in [0.2, 0.25) is 0 Å². The highest BCUT2D eigenvalue weighted by Crippen LogP contribution is 2.09. The van der Waals surface area contributed by atoms with Crippen LogP contribution in [0.2, 0.25) is 0 Å². The second-order valence-corrected chi connectivity index (χ2v) is 4.27. The Morgan fingerprint density at radius 2 is 1.92 bits per heavy atom. The monoisotopic (exact) mass is 170 g/mol. The van der Waals surface area contributed by atoms with Crippen LogP contribution >= 0.6 is 0 Å². The van der Waals surface area contributed by atoms with E-state index in [-0.39, 0.29) is 0 Å². The highest BCUT2D eigenvalue weighted by molar-refractivity contribution is 4.76. The third-order valence-electron chi connectivity index (χ3n) is 2.94. The number of nitrogens with zero attached hydrogens (tertiary/aromatic N) is 2. The van der Waals surface area contributed by atoms with Crippen molar-refractivity contribution in [2.45, 2.75) is 39.3 Å². The Hall–Kier alpha value is -0.0800. The molecular weight excluding hydrogens is 148 g/mol. The third kappa shape index (κ3) is 2.46. The summed E-state index contributed by atoms with van der Waals surface area (Å²) in [6.45, 7) is 10.7. The molecular formula is C10H22N2. The summed E-state index contributed by atoms with van der Waals surface area (Å²) in [5, 5.41) is 0. The fourth-order valence-electron chi connectivity index (χ4n) is 1.78. The van der Waals surface area contributed by atoms with Gasteiger partial charge in [-0.15, -0.1) is 0 Å². The SMILES string of the molecule is CC(C)N1CCCN(C)[C@H](C)C1. The molecule has 1 saturated heterocycles. The van der Waals surface area contributed by atoms with Gasteiger partial charge < -0.3 is 4.90 Å². The number of rotatable bonds is 1. The standard InChI is InChI=1S/C10H22N2/c1-9(2)12-7-5-6-11(4)10(3)8-12/h9-10H,5-8H2,1-4H3/t10-/m1/s1. The van der Waals surface area contributed by atoms with E-state index in [0.717, 1.165) is 6.04 Å². The Morgan fingerprint density at radius 3 is 2.50 bits per heavy atom. The van der Waals surface area contributed by atoms with Crippen LogP contribution in [0.4, 0.5) is 0 Å². The molecule has 0 aromatic carbocycles. The predicted molar refractivity (Wildman–Crippen MR) is 53.4 cm³/mol. The van der Waals surface area contributed by atoms with E-state index in [4.69, 9.17) is 0 Å². The zero-order chi connectivity index (χ0) is 9.14. The Labute approximate surface area is 76.5 Å². The molecule has 2 nitrogen and oxygen atoms in total. The van der Waals surface area contributed by atoms with Crippen molar-refractivity contribution in [1.82, 2.24) is 9.80 Å². The smallest absolute Gasteiger partial charge is 0.0191 e. The van der Waals surface area contributed by atoms with Gasteiger partial charge in [0, 0.05) is 18.6 Å². The van der Waals surface area contributed by atoms with E-state index in [2.05, 4.69) is 37.6 Å². The minimum absolute atomic E-state index is 0.707. The van der Waals surface area contributed by atoms with Gasteiger partial charge in [-0.25, -0.2) is 0 Å².